The van der Waals surface area contributed by atoms with Crippen LogP contribution >= 0.6 is 0 Å². The molecule has 0 radical (unpaired) electrons. The lowest BCUT2D eigenvalue weighted by molar-refractivity contribution is 0.0625. The summed E-state index contributed by atoms with van der Waals surface area (Å²) in [5.74, 6) is 0. The Bertz CT molecular complexity index is 271. The van der Waals surface area contributed by atoms with Gasteiger partial charge in [-0.05, 0) is 32.4 Å². The van der Waals surface area contributed by atoms with E-state index in [0.717, 1.165) is 5.57 Å². The number of carbonyl (C=O) groups is 2. The molecular formula is C11H18O6. The van der Waals surface area contributed by atoms with E-state index in [-0.39, 0.29) is 26.4 Å². The Labute approximate surface area is 100 Å². The van der Waals surface area contributed by atoms with Gasteiger partial charge >= 0.3 is 12.3 Å². The van der Waals surface area contributed by atoms with Crippen LogP contribution in [-0.4, -0.2) is 38.7 Å². The fourth-order valence-corrected chi connectivity index (χ4v) is 0.803. The Morgan fingerprint density at radius 1 is 0.941 bits per heavy atom. The van der Waals surface area contributed by atoms with E-state index in [1.54, 1.807) is 26.8 Å². The molecule has 0 saturated carbocycles. The van der Waals surface area contributed by atoms with E-state index < -0.39 is 12.3 Å². The molecule has 0 atom stereocenters. The SMILES string of the molecule is CCOC(=O)OC/C=C(\C)COC(=O)OCC. The highest BCUT2D eigenvalue weighted by atomic mass is 16.7. The third kappa shape index (κ3) is 9.22. The lowest BCUT2D eigenvalue weighted by atomic mass is 10.3. The van der Waals surface area contributed by atoms with Gasteiger partial charge in [-0.2, -0.15) is 0 Å². The Kier molecular flexibility index (Phi) is 8.54. The number of rotatable bonds is 6. The van der Waals surface area contributed by atoms with Gasteiger partial charge in [-0.15, -0.1) is 0 Å². The molecule has 0 aromatic carbocycles. The molecule has 0 rings (SSSR count). The summed E-state index contributed by atoms with van der Waals surface area (Å²) < 4.78 is 18.6. The third-order valence-electron chi connectivity index (χ3n) is 1.58. The molecule has 0 N–H and O–H groups in total. The molecule has 0 unspecified atom stereocenters. The maximum absolute atomic E-state index is 10.8. The number of hydrogen-bond acceptors (Lipinski definition) is 6. The second-order valence-corrected chi connectivity index (χ2v) is 3.02. The van der Waals surface area contributed by atoms with Crippen molar-refractivity contribution < 1.29 is 28.5 Å². The molecule has 0 aliphatic heterocycles. The summed E-state index contributed by atoms with van der Waals surface area (Å²) in [7, 11) is 0. The fourth-order valence-electron chi connectivity index (χ4n) is 0.803. The first kappa shape index (κ1) is 15.3. The summed E-state index contributed by atoms with van der Waals surface area (Å²) in [5.41, 5.74) is 0.752. The molecule has 6 heteroatoms. The molecule has 17 heavy (non-hydrogen) atoms. The van der Waals surface area contributed by atoms with Crippen LogP contribution in [0.4, 0.5) is 9.59 Å². The van der Waals surface area contributed by atoms with Crippen LogP contribution in [0.5, 0.6) is 0 Å². The van der Waals surface area contributed by atoms with Crippen molar-refractivity contribution in [2.45, 2.75) is 20.8 Å². The van der Waals surface area contributed by atoms with Crippen molar-refractivity contribution in [2.75, 3.05) is 26.4 Å². The van der Waals surface area contributed by atoms with E-state index in [4.69, 9.17) is 9.47 Å². The Hall–Kier alpha value is -1.72. The summed E-state index contributed by atoms with van der Waals surface area (Å²) >= 11 is 0. The second kappa shape index (κ2) is 9.50. The topological polar surface area (TPSA) is 71.1 Å². The van der Waals surface area contributed by atoms with Gasteiger partial charge in [0, 0.05) is 0 Å². The van der Waals surface area contributed by atoms with Crippen molar-refractivity contribution in [3.63, 3.8) is 0 Å². The van der Waals surface area contributed by atoms with Gasteiger partial charge in [0.2, 0.25) is 0 Å². The monoisotopic (exact) mass is 246 g/mol. The van der Waals surface area contributed by atoms with Crippen molar-refractivity contribution in [2.24, 2.45) is 0 Å². The largest absolute Gasteiger partial charge is 0.508 e. The van der Waals surface area contributed by atoms with Crippen molar-refractivity contribution in [3.05, 3.63) is 11.6 Å². The van der Waals surface area contributed by atoms with Gasteiger partial charge in [0.1, 0.15) is 13.2 Å². The normalized spacial score (nSPS) is 10.6. The molecule has 0 heterocycles. The Balaban J connectivity index is 3.71. The van der Waals surface area contributed by atoms with E-state index in [9.17, 15) is 9.59 Å². The molecule has 0 aliphatic carbocycles. The average molecular weight is 246 g/mol. The highest BCUT2D eigenvalue weighted by molar-refractivity contribution is 5.60. The van der Waals surface area contributed by atoms with Crippen LogP contribution in [0, 0.1) is 0 Å². The van der Waals surface area contributed by atoms with Gasteiger partial charge in [-0.3, -0.25) is 0 Å². The standard InChI is InChI=1S/C11H18O6/c1-4-14-10(12)16-7-6-9(3)8-17-11(13)15-5-2/h6H,4-5,7-8H2,1-3H3/b9-6+. The molecule has 0 aromatic rings. The zero-order valence-electron chi connectivity index (χ0n) is 10.4. The van der Waals surface area contributed by atoms with Gasteiger partial charge in [-0.25, -0.2) is 9.59 Å². The quantitative estimate of drug-likeness (QED) is 0.529. The smallest absolute Gasteiger partial charge is 0.435 e. The maximum Gasteiger partial charge on any atom is 0.508 e. The van der Waals surface area contributed by atoms with Gasteiger partial charge in [-0.1, -0.05) is 0 Å². The number of carbonyl (C=O) groups excluding carboxylic acids is 2. The summed E-state index contributed by atoms with van der Waals surface area (Å²) in [6.07, 6.45) is 0.185. The molecule has 0 fully saturated rings. The first-order valence-electron chi connectivity index (χ1n) is 5.34. The van der Waals surface area contributed by atoms with E-state index in [0.29, 0.717) is 0 Å². The lowest BCUT2D eigenvalue weighted by Gasteiger charge is -2.05. The minimum atomic E-state index is -0.720. The van der Waals surface area contributed by atoms with Gasteiger partial charge in [0.15, 0.2) is 0 Å². The van der Waals surface area contributed by atoms with E-state index >= 15 is 0 Å². The van der Waals surface area contributed by atoms with Crippen LogP contribution in [0.2, 0.25) is 0 Å². The van der Waals surface area contributed by atoms with Crippen LogP contribution in [0.25, 0.3) is 0 Å². The molecule has 0 aliphatic rings. The second-order valence-electron chi connectivity index (χ2n) is 3.02. The molecule has 0 amide bonds. The number of ether oxygens (including phenoxy) is 4. The van der Waals surface area contributed by atoms with Crippen LogP contribution in [0.1, 0.15) is 20.8 Å². The Morgan fingerprint density at radius 2 is 1.47 bits per heavy atom. The average Bonchev–Trinajstić information content (AvgIpc) is 2.27. The molecule has 0 spiro atoms. The summed E-state index contributed by atoms with van der Waals surface area (Å²) in [6, 6.07) is 0. The van der Waals surface area contributed by atoms with E-state index in [2.05, 4.69) is 9.47 Å². The molecular weight excluding hydrogens is 228 g/mol. The van der Waals surface area contributed by atoms with Gasteiger partial charge < -0.3 is 18.9 Å². The van der Waals surface area contributed by atoms with E-state index in [1.165, 1.54) is 0 Å². The van der Waals surface area contributed by atoms with Gasteiger partial charge in [0.05, 0.1) is 13.2 Å². The molecule has 0 bridgehead atoms. The highest BCUT2D eigenvalue weighted by Gasteiger charge is 2.03. The molecule has 0 aromatic heterocycles. The lowest BCUT2D eigenvalue weighted by Crippen LogP contribution is -2.10. The predicted octanol–water partition coefficient (Wildman–Crippen LogP) is 2.28. The highest BCUT2D eigenvalue weighted by Crippen LogP contribution is 1.96. The van der Waals surface area contributed by atoms with Crippen LogP contribution in [-0.2, 0) is 18.9 Å². The summed E-state index contributed by atoms with van der Waals surface area (Å²) in [5, 5.41) is 0. The first-order chi connectivity index (χ1) is 8.10. The van der Waals surface area contributed by atoms with Crippen molar-refractivity contribution in [1.29, 1.82) is 0 Å². The number of hydrogen-bond donors (Lipinski definition) is 0. The van der Waals surface area contributed by atoms with Crippen LogP contribution in [0.15, 0.2) is 11.6 Å². The van der Waals surface area contributed by atoms with Crippen molar-refractivity contribution in [3.8, 4) is 0 Å². The Morgan fingerprint density at radius 3 is 2.00 bits per heavy atom. The zero-order valence-corrected chi connectivity index (χ0v) is 10.4. The fraction of sp³-hybridized carbons (Fsp3) is 0.636. The third-order valence-corrected chi connectivity index (χ3v) is 1.58. The molecule has 0 saturated heterocycles. The molecule has 6 nitrogen and oxygen atoms in total. The van der Waals surface area contributed by atoms with Crippen LogP contribution < -0.4 is 0 Å². The maximum atomic E-state index is 10.8. The van der Waals surface area contributed by atoms with E-state index in [1.807, 2.05) is 0 Å². The van der Waals surface area contributed by atoms with Crippen molar-refractivity contribution in [1.82, 2.24) is 0 Å². The van der Waals surface area contributed by atoms with Gasteiger partial charge in [0.25, 0.3) is 0 Å². The minimum absolute atomic E-state index is 0.0802. The molecule has 98 valence electrons. The first-order valence-corrected chi connectivity index (χ1v) is 5.34. The summed E-state index contributed by atoms with van der Waals surface area (Å²) in [6.45, 7) is 5.85. The minimum Gasteiger partial charge on any atom is -0.435 e. The zero-order chi connectivity index (χ0) is 13.1. The summed E-state index contributed by atoms with van der Waals surface area (Å²) in [4.78, 5) is 21.6. The van der Waals surface area contributed by atoms with Crippen LogP contribution in [0.3, 0.4) is 0 Å². The predicted molar refractivity (Wildman–Crippen MR) is 59.7 cm³/mol. The van der Waals surface area contributed by atoms with Crippen molar-refractivity contribution >= 4 is 12.3 Å².